The van der Waals surface area contributed by atoms with Gasteiger partial charge >= 0.3 is 0 Å². The highest BCUT2D eigenvalue weighted by molar-refractivity contribution is 9.10. The molecule has 160 valence electrons. The van der Waals surface area contributed by atoms with Crippen molar-refractivity contribution in [2.24, 2.45) is 5.92 Å². The highest BCUT2D eigenvalue weighted by atomic mass is 79.9. The van der Waals surface area contributed by atoms with E-state index < -0.39 is 0 Å². The number of pyridine rings is 1. The lowest BCUT2D eigenvalue weighted by atomic mass is 10.0. The minimum Gasteiger partial charge on any atom is -0.497 e. The minimum atomic E-state index is 0.178. The molecule has 0 bridgehead atoms. The Morgan fingerprint density at radius 3 is 2.94 bits per heavy atom. The summed E-state index contributed by atoms with van der Waals surface area (Å²) in [5, 5.41) is 2.13. The Morgan fingerprint density at radius 1 is 1.19 bits per heavy atom. The average Bonchev–Trinajstić information content (AvgIpc) is 3.49. The Morgan fingerprint density at radius 2 is 2.10 bits per heavy atom. The summed E-state index contributed by atoms with van der Waals surface area (Å²) < 4.78 is 14.2. The number of hydrogen-bond donors (Lipinski definition) is 1. The molecule has 6 rings (SSSR count). The number of aromatic nitrogens is 4. The van der Waals surface area contributed by atoms with Crippen molar-refractivity contribution in [1.29, 1.82) is 0 Å². The highest BCUT2D eigenvalue weighted by Crippen LogP contribution is 2.43. The van der Waals surface area contributed by atoms with E-state index in [0.29, 0.717) is 11.9 Å². The van der Waals surface area contributed by atoms with Crippen LogP contribution in [0.3, 0.4) is 0 Å². The number of rotatable bonds is 2. The van der Waals surface area contributed by atoms with Gasteiger partial charge in [-0.1, -0.05) is 6.42 Å². The summed E-state index contributed by atoms with van der Waals surface area (Å²) in [6.45, 7) is 0. The molecular formula is C23H24BrN5O2. The van der Waals surface area contributed by atoms with Crippen molar-refractivity contribution in [2.75, 3.05) is 12.8 Å². The lowest BCUT2D eigenvalue weighted by Crippen LogP contribution is -2.10. The number of halogens is 1. The van der Waals surface area contributed by atoms with Crippen LogP contribution in [0, 0.1) is 5.92 Å². The first-order chi connectivity index (χ1) is 15.1. The monoisotopic (exact) mass is 481 g/mol. The van der Waals surface area contributed by atoms with Crippen LogP contribution in [0.1, 0.15) is 31.9 Å². The van der Waals surface area contributed by atoms with Crippen LogP contribution in [-0.4, -0.2) is 32.7 Å². The molecule has 1 aromatic carbocycles. The molecule has 4 aromatic rings. The molecule has 0 spiro atoms. The molecule has 1 saturated heterocycles. The average molecular weight is 482 g/mol. The van der Waals surface area contributed by atoms with Crippen LogP contribution < -0.4 is 10.5 Å². The van der Waals surface area contributed by atoms with Gasteiger partial charge in [0.15, 0.2) is 0 Å². The summed E-state index contributed by atoms with van der Waals surface area (Å²) >= 11 is 3.33. The number of fused-ring (bicyclic) bond motifs is 3. The Bertz CT molecular complexity index is 1220. The van der Waals surface area contributed by atoms with Crippen molar-refractivity contribution in [3.05, 3.63) is 53.5 Å². The van der Waals surface area contributed by atoms with Crippen LogP contribution in [0.2, 0.25) is 0 Å². The van der Waals surface area contributed by atoms with Gasteiger partial charge in [-0.25, -0.2) is 15.0 Å². The topological polar surface area (TPSA) is 88.1 Å². The largest absolute Gasteiger partial charge is 0.497 e. The van der Waals surface area contributed by atoms with E-state index in [9.17, 15) is 0 Å². The molecular weight excluding hydrogens is 458 g/mol. The van der Waals surface area contributed by atoms with E-state index in [1.54, 1.807) is 13.4 Å². The fourth-order valence-electron chi connectivity index (χ4n) is 4.54. The summed E-state index contributed by atoms with van der Waals surface area (Å²) in [7, 11) is 1.63. The SMILES string of the molecule is COc1ccc2cc(Br)c(N)nc2c1.c1ncc2ccn(C3CC4CCCC4O3)c2n1. The van der Waals surface area contributed by atoms with Gasteiger partial charge in [0.05, 0.1) is 23.2 Å². The molecule has 2 N–H and O–H groups in total. The molecule has 7 nitrogen and oxygen atoms in total. The fraction of sp³-hybridized carbons (Fsp3) is 0.348. The smallest absolute Gasteiger partial charge is 0.145 e. The quantitative estimate of drug-likeness (QED) is 0.428. The van der Waals surface area contributed by atoms with Gasteiger partial charge in [-0.15, -0.1) is 0 Å². The van der Waals surface area contributed by atoms with E-state index in [1.165, 1.54) is 19.3 Å². The molecule has 3 unspecified atom stereocenters. The van der Waals surface area contributed by atoms with E-state index >= 15 is 0 Å². The molecule has 8 heteroatoms. The van der Waals surface area contributed by atoms with E-state index in [2.05, 4.69) is 47.7 Å². The summed E-state index contributed by atoms with van der Waals surface area (Å²) in [4.78, 5) is 12.6. The number of anilines is 1. The highest BCUT2D eigenvalue weighted by Gasteiger charge is 2.39. The minimum absolute atomic E-state index is 0.178. The number of nitrogen functional groups attached to an aromatic ring is 1. The van der Waals surface area contributed by atoms with E-state index in [-0.39, 0.29) is 6.23 Å². The fourth-order valence-corrected chi connectivity index (χ4v) is 4.88. The molecule has 1 aliphatic heterocycles. The van der Waals surface area contributed by atoms with Crippen LogP contribution in [0.4, 0.5) is 5.82 Å². The summed E-state index contributed by atoms with van der Waals surface area (Å²) in [6.07, 6.45) is 11.2. The Hall–Kier alpha value is -2.71. The van der Waals surface area contributed by atoms with Crippen LogP contribution in [-0.2, 0) is 4.74 Å². The molecule has 0 radical (unpaired) electrons. The lowest BCUT2D eigenvalue weighted by Gasteiger charge is -2.14. The number of methoxy groups -OCH3 is 1. The van der Waals surface area contributed by atoms with Gasteiger partial charge in [0.25, 0.3) is 0 Å². The van der Waals surface area contributed by atoms with Crippen molar-refractivity contribution in [1.82, 2.24) is 19.5 Å². The van der Waals surface area contributed by atoms with Crippen molar-refractivity contribution >= 4 is 43.7 Å². The van der Waals surface area contributed by atoms with Crippen molar-refractivity contribution in [2.45, 2.75) is 38.0 Å². The maximum absolute atomic E-state index is 6.14. The summed E-state index contributed by atoms with van der Waals surface area (Å²) in [5.74, 6) is 2.04. The van der Waals surface area contributed by atoms with E-state index in [4.69, 9.17) is 15.2 Å². The number of nitrogens with zero attached hydrogens (tertiary/aromatic N) is 4. The first-order valence-electron chi connectivity index (χ1n) is 10.4. The van der Waals surface area contributed by atoms with E-state index in [1.807, 2.05) is 30.5 Å². The molecule has 1 aliphatic carbocycles. The first kappa shape index (κ1) is 20.2. The van der Waals surface area contributed by atoms with Gasteiger partial charge in [0.2, 0.25) is 0 Å². The van der Waals surface area contributed by atoms with Gasteiger partial charge in [-0.05, 0) is 65.4 Å². The van der Waals surface area contributed by atoms with Crippen LogP contribution in [0.15, 0.2) is 53.5 Å². The molecule has 4 heterocycles. The molecule has 2 aliphatic rings. The zero-order chi connectivity index (χ0) is 21.4. The maximum atomic E-state index is 6.14. The lowest BCUT2D eigenvalue weighted by molar-refractivity contribution is 0.00201. The predicted octanol–water partition coefficient (Wildman–Crippen LogP) is 5.11. The summed E-state index contributed by atoms with van der Waals surface area (Å²) in [5.41, 5.74) is 7.51. The number of hydrogen-bond acceptors (Lipinski definition) is 6. The third-order valence-electron chi connectivity index (χ3n) is 6.12. The van der Waals surface area contributed by atoms with Crippen molar-refractivity contribution < 1.29 is 9.47 Å². The zero-order valence-electron chi connectivity index (χ0n) is 17.2. The van der Waals surface area contributed by atoms with Crippen molar-refractivity contribution in [3.8, 4) is 5.75 Å². The van der Waals surface area contributed by atoms with Gasteiger partial charge in [-0.3, -0.25) is 0 Å². The van der Waals surface area contributed by atoms with Gasteiger partial charge in [-0.2, -0.15) is 0 Å². The summed E-state index contributed by atoms with van der Waals surface area (Å²) in [6, 6.07) is 9.71. The first-order valence-corrected chi connectivity index (χ1v) is 11.2. The van der Waals surface area contributed by atoms with Gasteiger partial charge in [0, 0.05) is 29.2 Å². The Balaban J connectivity index is 0.000000135. The second-order valence-electron chi connectivity index (χ2n) is 7.99. The zero-order valence-corrected chi connectivity index (χ0v) is 18.8. The molecule has 3 atom stereocenters. The molecule has 0 amide bonds. The standard InChI is InChI=1S/C13H15N3O.C10H9BrN2O/c1-2-9-6-12(17-11(9)3-1)16-5-4-10-7-14-8-15-13(10)16;1-14-7-3-2-6-4-8(11)10(12)13-9(6)5-7/h4-5,7-9,11-12H,1-3,6H2;2-5H,1H3,(H2,12,13). The molecule has 3 aromatic heterocycles. The number of nitrogens with two attached hydrogens (primary N) is 1. The normalized spacial score (nSPS) is 22.3. The van der Waals surface area contributed by atoms with Gasteiger partial charge < -0.3 is 19.8 Å². The van der Waals surface area contributed by atoms with Gasteiger partial charge in [0.1, 0.15) is 29.8 Å². The number of benzene rings is 1. The third kappa shape index (κ3) is 3.97. The Labute approximate surface area is 188 Å². The third-order valence-corrected chi connectivity index (χ3v) is 6.75. The molecule has 31 heavy (non-hydrogen) atoms. The molecule has 1 saturated carbocycles. The van der Waals surface area contributed by atoms with E-state index in [0.717, 1.165) is 44.5 Å². The molecule has 2 fully saturated rings. The Kier molecular flexibility index (Phi) is 5.50. The number of ether oxygens (including phenoxy) is 2. The predicted molar refractivity (Wildman–Crippen MR) is 124 cm³/mol. The van der Waals surface area contributed by atoms with Crippen LogP contribution in [0.5, 0.6) is 5.75 Å². The van der Waals surface area contributed by atoms with Crippen LogP contribution >= 0.6 is 15.9 Å². The second kappa shape index (κ2) is 8.43. The van der Waals surface area contributed by atoms with Crippen LogP contribution in [0.25, 0.3) is 21.9 Å². The van der Waals surface area contributed by atoms with Crippen molar-refractivity contribution in [3.63, 3.8) is 0 Å². The maximum Gasteiger partial charge on any atom is 0.145 e. The second-order valence-corrected chi connectivity index (χ2v) is 8.85.